The summed E-state index contributed by atoms with van der Waals surface area (Å²) in [6, 6.07) is 5.32. The third kappa shape index (κ3) is 3.46. The van der Waals surface area contributed by atoms with Gasteiger partial charge in [0, 0.05) is 45.4 Å². The molecule has 0 bridgehead atoms. The summed E-state index contributed by atoms with van der Waals surface area (Å²) in [5.41, 5.74) is 0.674. The van der Waals surface area contributed by atoms with Crippen molar-refractivity contribution in [3.8, 4) is 11.5 Å². The second-order valence-corrected chi connectivity index (χ2v) is 6.88. The maximum Gasteiger partial charge on any atom is 0.257 e. The number of carbonyl (C=O) groups excluding carboxylic acids is 1. The summed E-state index contributed by atoms with van der Waals surface area (Å²) < 4.78 is 21.6. The SMILES string of the molecule is COC[C@H]1CN(C(=O)c2ccc(OC)cc2OC)CC12CCOCC2. The number of nitrogens with zero attached hydrogens (tertiary/aromatic N) is 1. The predicted molar refractivity (Wildman–Crippen MR) is 93.3 cm³/mol. The van der Waals surface area contributed by atoms with E-state index in [2.05, 4.69) is 0 Å². The van der Waals surface area contributed by atoms with Crippen molar-refractivity contribution in [1.82, 2.24) is 4.90 Å². The fraction of sp³-hybridized carbons (Fsp3) is 0.632. The van der Waals surface area contributed by atoms with Gasteiger partial charge in [0.25, 0.3) is 5.91 Å². The monoisotopic (exact) mass is 349 g/mol. The van der Waals surface area contributed by atoms with Gasteiger partial charge in [-0.1, -0.05) is 0 Å². The van der Waals surface area contributed by atoms with Crippen molar-refractivity contribution < 1.29 is 23.7 Å². The fourth-order valence-corrected chi connectivity index (χ4v) is 4.11. The summed E-state index contributed by atoms with van der Waals surface area (Å²) in [5.74, 6) is 1.56. The number of rotatable bonds is 5. The van der Waals surface area contributed by atoms with E-state index in [1.165, 1.54) is 0 Å². The standard InChI is InChI=1S/C19H27NO5/c1-22-12-14-11-20(13-19(14)6-8-25-9-7-19)18(21)16-5-4-15(23-2)10-17(16)24-3/h4-5,10,14H,6-9,11-13H2,1-3H3/t14-/m1/s1. The van der Waals surface area contributed by atoms with Crippen LogP contribution in [0.25, 0.3) is 0 Å². The minimum Gasteiger partial charge on any atom is -0.497 e. The quantitative estimate of drug-likeness (QED) is 0.816. The molecule has 2 aliphatic heterocycles. The highest BCUT2D eigenvalue weighted by Gasteiger charge is 2.48. The summed E-state index contributed by atoms with van der Waals surface area (Å²) in [4.78, 5) is 15.1. The highest BCUT2D eigenvalue weighted by Crippen LogP contribution is 2.45. The van der Waals surface area contributed by atoms with Crippen LogP contribution in [0.3, 0.4) is 0 Å². The molecule has 25 heavy (non-hydrogen) atoms. The third-order valence-corrected chi connectivity index (χ3v) is 5.60. The Bertz CT molecular complexity index is 612. The van der Waals surface area contributed by atoms with Gasteiger partial charge < -0.3 is 23.8 Å². The number of hydrogen-bond donors (Lipinski definition) is 0. The minimum absolute atomic E-state index is 0.00368. The van der Waals surface area contributed by atoms with Crippen LogP contribution in [0.2, 0.25) is 0 Å². The second kappa shape index (κ2) is 7.62. The molecular formula is C19H27NO5. The van der Waals surface area contributed by atoms with Gasteiger partial charge in [0.1, 0.15) is 11.5 Å². The van der Waals surface area contributed by atoms with E-state index < -0.39 is 0 Å². The number of methoxy groups -OCH3 is 3. The largest absolute Gasteiger partial charge is 0.497 e. The Labute approximate surface area is 149 Å². The summed E-state index contributed by atoms with van der Waals surface area (Å²) in [5, 5.41) is 0. The summed E-state index contributed by atoms with van der Waals surface area (Å²) in [7, 11) is 4.90. The molecule has 2 aliphatic rings. The summed E-state index contributed by atoms with van der Waals surface area (Å²) >= 11 is 0. The Kier molecular flexibility index (Phi) is 5.49. The molecule has 138 valence electrons. The van der Waals surface area contributed by atoms with Gasteiger partial charge in [-0.2, -0.15) is 0 Å². The first-order chi connectivity index (χ1) is 12.1. The van der Waals surface area contributed by atoms with E-state index in [-0.39, 0.29) is 11.3 Å². The lowest BCUT2D eigenvalue weighted by Crippen LogP contribution is -2.39. The van der Waals surface area contributed by atoms with Crippen LogP contribution in [0, 0.1) is 11.3 Å². The lowest BCUT2D eigenvalue weighted by Gasteiger charge is -2.37. The topological polar surface area (TPSA) is 57.2 Å². The summed E-state index contributed by atoms with van der Waals surface area (Å²) in [6.07, 6.45) is 1.95. The zero-order chi connectivity index (χ0) is 17.9. The maximum atomic E-state index is 13.1. The third-order valence-electron chi connectivity index (χ3n) is 5.60. The van der Waals surface area contributed by atoms with Crippen LogP contribution in [0.1, 0.15) is 23.2 Å². The zero-order valence-corrected chi connectivity index (χ0v) is 15.2. The average Bonchev–Trinajstić information content (AvgIpc) is 2.99. The van der Waals surface area contributed by atoms with E-state index in [0.29, 0.717) is 36.1 Å². The Morgan fingerprint density at radius 3 is 2.64 bits per heavy atom. The van der Waals surface area contributed by atoms with E-state index in [4.69, 9.17) is 18.9 Å². The van der Waals surface area contributed by atoms with Gasteiger partial charge in [0.2, 0.25) is 0 Å². The Morgan fingerprint density at radius 2 is 2.00 bits per heavy atom. The molecule has 1 spiro atoms. The van der Waals surface area contributed by atoms with Crippen LogP contribution in [0.4, 0.5) is 0 Å². The first kappa shape index (κ1) is 18.0. The molecule has 2 saturated heterocycles. The number of carbonyl (C=O) groups is 1. The molecule has 0 unspecified atom stereocenters. The molecule has 2 heterocycles. The molecule has 0 radical (unpaired) electrons. The Morgan fingerprint density at radius 1 is 1.24 bits per heavy atom. The van der Waals surface area contributed by atoms with E-state index in [1.807, 2.05) is 4.90 Å². The summed E-state index contributed by atoms with van der Waals surface area (Å²) in [6.45, 7) is 3.64. The molecule has 2 fully saturated rings. The fourth-order valence-electron chi connectivity index (χ4n) is 4.11. The van der Waals surface area contributed by atoms with Crippen LogP contribution < -0.4 is 9.47 Å². The average molecular weight is 349 g/mol. The molecule has 0 aliphatic carbocycles. The first-order valence-corrected chi connectivity index (χ1v) is 8.71. The molecule has 6 nitrogen and oxygen atoms in total. The molecule has 6 heteroatoms. The van der Waals surface area contributed by atoms with Crippen molar-refractivity contribution in [1.29, 1.82) is 0 Å². The first-order valence-electron chi connectivity index (χ1n) is 8.71. The van der Waals surface area contributed by atoms with Gasteiger partial charge >= 0.3 is 0 Å². The van der Waals surface area contributed by atoms with Crippen molar-refractivity contribution in [2.75, 3.05) is 54.2 Å². The molecule has 0 saturated carbocycles. The molecule has 0 N–H and O–H groups in total. The van der Waals surface area contributed by atoms with E-state index in [1.54, 1.807) is 39.5 Å². The van der Waals surface area contributed by atoms with Crippen molar-refractivity contribution >= 4 is 5.91 Å². The van der Waals surface area contributed by atoms with Crippen LogP contribution in [0.15, 0.2) is 18.2 Å². The van der Waals surface area contributed by atoms with Crippen molar-refractivity contribution in [2.45, 2.75) is 12.8 Å². The molecular weight excluding hydrogens is 322 g/mol. The van der Waals surface area contributed by atoms with E-state index >= 15 is 0 Å². The van der Waals surface area contributed by atoms with Gasteiger partial charge in [-0.25, -0.2) is 0 Å². The maximum absolute atomic E-state index is 13.1. The number of likely N-dealkylation sites (tertiary alicyclic amines) is 1. The lowest BCUT2D eigenvalue weighted by atomic mass is 9.72. The molecule has 0 aromatic heterocycles. The van der Waals surface area contributed by atoms with Crippen LogP contribution in [-0.2, 0) is 9.47 Å². The highest BCUT2D eigenvalue weighted by molar-refractivity contribution is 5.97. The number of benzene rings is 1. The van der Waals surface area contributed by atoms with Crippen molar-refractivity contribution in [2.24, 2.45) is 11.3 Å². The number of hydrogen-bond acceptors (Lipinski definition) is 5. The number of amides is 1. The van der Waals surface area contributed by atoms with Crippen molar-refractivity contribution in [3.63, 3.8) is 0 Å². The Balaban J connectivity index is 1.83. The second-order valence-electron chi connectivity index (χ2n) is 6.88. The lowest BCUT2D eigenvalue weighted by molar-refractivity contribution is -0.0169. The number of ether oxygens (including phenoxy) is 4. The minimum atomic E-state index is 0.00368. The predicted octanol–water partition coefficient (Wildman–Crippen LogP) is 2.22. The van der Waals surface area contributed by atoms with Gasteiger partial charge in [0.05, 0.1) is 26.4 Å². The Hall–Kier alpha value is -1.79. The van der Waals surface area contributed by atoms with Crippen molar-refractivity contribution in [3.05, 3.63) is 23.8 Å². The molecule has 1 aromatic carbocycles. The molecule has 1 atom stereocenters. The van der Waals surface area contributed by atoms with E-state index in [0.717, 1.165) is 32.6 Å². The normalized spacial score (nSPS) is 22.2. The highest BCUT2D eigenvalue weighted by atomic mass is 16.5. The van der Waals surface area contributed by atoms with Gasteiger partial charge in [-0.05, 0) is 30.4 Å². The van der Waals surface area contributed by atoms with Crippen LogP contribution in [-0.4, -0.2) is 65.0 Å². The van der Waals surface area contributed by atoms with Gasteiger partial charge in [-0.3, -0.25) is 4.79 Å². The smallest absolute Gasteiger partial charge is 0.257 e. The van der Waals surface area contributed by atoms with Crippen LogP contribution >= 0.6 is 0 Å². The zero-order valence-electron chi connectivity index (χ0n) is 15.2. The van der Waals surface area contributed by atoms with Gasteiger partial charge in [-0.15, -0.1) is 0 Å². The van der Waals surface area contributed by atoms with Gasteiger partial charge in [0.15, 0.2) is 0 Å². The van der Waals surface area contributed by atoms with Crippen LogP contribution in [0.5, 0.6) is 11.5 Å². The molecule has 1 aromatic rings. The van der Waals surface area contributed by atoms with E-state index in [9.17, 15) is 4.79 Å². The molecule has 3 rings (SSSR count). The molecule has 1 amide bonds.